The molecule has 2 aromatic rings. The summed E-state index contributed by atoms with van der Waals surface area (Å²) in [5.41, 5.74) is 1.43. The van der Waals surface area contributed by atoms with Crippen molar-refractivity contribution >= 4 is 61.6 Å². The lowest BCUT2D eigenvalue weighted by Crippen LogP contribution is -2.39. The van der Waals surface area contributed by atoms with Crippen LogP contribution < -0.4 is 10.9 Å². The summed E-state index contributed by atoms with van der Waals surface area (Å²) in [4.78, 5) is 32.9. The Bertz CT molecular complexity index is 1320. The number of thiocarbonyl (C=S) groups is 1. The molecule has 2 fully saturated rings. The zero-order valence-electron chi connectivity index (χ0n) is 18.5. The first-order valence-corrected chi connectivity index (χ1v) is 14.0. The highest BCUT2D eigenvalue weighted by molar-refractivity contribution is 8.26. The molecule has 0 aromatic carbocycles. The average Bonchev–Trinajstić information content (AvgIpc) is 3.25. The van der Waals surface area contributed by atoms with Gasteiger partial charge >= 0.3 is 0 Å². The topological polar surface area (TPSA) is 101 Å². The molecule has 11 heteroatoms. The number of rotatable bonds is 7. The van der Waals surface area contributed by atoms with Crippen LogP contribution in [0.25, 0.3) is 11.7 Å². The highest BCUT2D eigenvalue weighted by Crippen LogP contribution is 2.36. The van der Waals surface area contributed by atoms with Crippen molar-refractivity contribution in [1.82, 2.24) is 14.3 Å². The summed E-state index contributed by atoms with van der Waals surface area (Å²) in [7, 11) is -3.17. The molecule has 0 radical (unpaired) electrons. The number of nitrogens with one attached hydrogen (secondary N) is 1. The minimum Gasteiger partial charge on any atom is -0.369 e. The Morgan fingerprint density at radius 3 is 2.82 bits per heavy atom. The molecule has 4 heterocycles. The molecule has 8 nitrogen and oxygen atoms in total. The molecule has 176 valence electrons. The molecule has 1 N–H and O–H groups in total. The van der Waals surface area contributed by atoms with Gasteiger partial charge in [-0.3, -0.25) is 18.9 Å². The fraction of sp³-hybridized carbons (Fsp3) is 0.455. The van der Waals surface area contributed by atoms with Gasteiger partial charge in [-0.25, -0.2) is 13.4 Å². The van der Waals surface area contributed by atoms with E-state index in [4.69, 9.17) is 17.2 Å². The number of unbranched alkanes of at least 4 members (excludes halogenated alkanes) is 2. The number of pyridine rings is 1. The van der Waals surface area contributed by atoms with Crippen LogP contribution in [-0.4, -0.2) is 57.0 Å². The minimum absolute atomic E-state index is 0.0505. The molecule has 0 bridgehead atoms. The lowest BCUT2D eigenvalue weighted by Gasteiger charge is -2.20. The Hall–Kier alpha value is -2.24. The summed E-state index contributed by atoms with van der Waals surface area (Å²) in [6.07, 6.45) is 6.62. The number of amides is 1. The van der Waals surface area contributed by atoms with Gasteiger partial charge in [0.1, 0.15) is 15.8 Å². The van der Waals surface area contributed by atoms with Crippen molar-refractivity contribution in [3.05, 3.63) is 44.7 Å². The number of aromatic nitrogens is 2. The Morgan fingerprint density at radius 2 is 2.12 bits per heavy atom. The van der Waals surface area contributed by atoms with E-state index in [-0.39, 0.29) is 28.5 Å². The van der Waals surface area contributed by atoms with Crippen LogP contribution in [0, 0.1) is 6.92 Å². The summed E-state index contributed by atoms with van der Waals surface area (Å²) in [5.74, 6) is 0.0302. The molecule has 4 rings (SSSR count). The molecular weight excluding hydrogens is 480 g/mol. The maximum Gasteiger partial charge on any atom is 0.267 e. The second kappa shape index (κ2) is 9.55. The molecule has 0 aliphatic carbocycles. The number of thioether (sulfide) groups is 1. The highest BCUT2D eigenvalue weighted by Gasteiger charge is 2.42. The van der Waals surface area contributed by atoms with Crippen LogP contribution in [0.4, 0.5) is 5.82 Å². The van der Waals surface area contributed by atoms with Gasteiger partial charge in [0.25, 0.3) is 11.5 Å². The molecule has 2 aromatic heterocycles. The van der Waals surface area contributed by atoms with Crippen LogP contribution in [0.2, 0.25) is 0 Å². The normalized spacial score (nSPS) is 21.5. The van der Waals surface area contributed by atoms with E-state index in [0.717, 1.165) is 36.6 Å². The molecule has 2 saturated heterocycles. The van der Waals surface area contributed by atoms with Gasteiger partial charge < -0.3 is 5.32 Å². The van der Waals surface area contributed by atoms with Gasteiger partial charge in [-0.15, -0.1) is 0 Å². The summed E-state index contributed by atoms with van der Waals surface area (Å²) < 4.78 is 25.6. The van der Waals surface area contributed by atoms with Crippen molar-refractivity contribution in [1.29, 1.82) is 0 Å². The first kappa shape index (κ1) is 23.9. The van der Waals surface area contributed by atoms with E-state index in [1.165, 1.54) is 15.4 Å². The minimum atomic E-state index is -3.17. The van der Waals surface area contributed by atoms with Crippen LogP contribution in [0.5, 0.6) is 0 Å². The summed E-state index contributed by atoms with van der Waals surface area (Å²) in [6, 6.07) is 3.21. The summed E-state index contributed by atoms with van der Waals surface area (Å²) >= 11 is 6.49. The van der Waals surface area contributed by atoms with Crippen molar-refractivity contribution in [3.63, 3.8) is 0 Å². The van der Waals surface area contributed by atoms with Gasteiger partial charge in [0.05, 0.1) is 28.0 Å². The Kier molecular flexibility index (Phi) is 6.92. The van der Waals surface area contributed by atoms with Crippen LogP contribution in [0.1, 0.15) is 43.7 Å². The van der Waals surface area contributed by atoms with Gasteiger partial charge in [0, 0.05) is 12.7 Å². The lowest BCUT2D eigenvalue weighted by atomic mass is 10.2. The molecule has 33 heavy (non-hydrogen) atoms. The van der Waals surface area contributed by atoms with E-state index in [2.05, 4.69) is 12.2 Å². The zero-order chi connectivity index (χ0) is 23.8. The largest absolute Gasteiger partial charge is 0.369 e. The number of carbonyl (C=O) groups excluding carboxylic acids is 1. The summed E-state index contributed by atoms with van der Waals surface area (Å²) in [6.45, 7) is 4.67. The number of aryl methyl sites for hydroxylation is 1. The van der Waals surface area contributed by atoms with Crippen molar-refractivity contribution in [3.8, 4) is 0 Å². The third-order valence-electron chi connectivity index (χ3n) is 5.83. The third-order valence-corrected chi connectivity index (χ3v) is 8.91. The van der Waals surface area contributed by atoms with Crippen molar-refractivity contribution < 1.29 is 13.2 Å². The first-order valence-electron chi connectivity index (χ1n) is 10.9. The van der Waals surface area contributed by atoms with Gasteiger partial charge in [0.2, 0.25) is 0 Å². The second-order valence-corrected chi connectivity index (χ2v) is 12.2. The SMILES string of the molecule is CCCCCNc1nc2c(C)cccn2c(=O)c1C=C1SC(=S)N(C2CCS(=O)(=O)C2)C1=O. The van der Waals surface area contributed by atoms with Crippen molar-refractivity contribution in [2.24, 2.45) is 0 Å². The Balaban J connectivity index is 1.73. The maximum atomic E-state index is 13.4. The number of hydrogen-bond acceptors (Lipinski definition) is 8. The quantitative estimate of drug-likeness (QED) is 0.348. The van der Waals surface area contributed by atoms with Gasteiger partial charge in [-0.1, -0.05) is 49.8 Å². The molecule has 2 aliphatic rings. The number of carbonyl (C=O) groups is 1. The highest BCUT2D eigenvalue weighted by atomic mass is 32.2. The average molecular weight is 507 g/mol. The van der Waals surface area contributed by atoms with Crippen LogP contribution in [0.3, 0.4) is 0 Å². The van der Waals surface area contributed by atoms with Crippen LogP contribution in [-0.2, 0) is 14.6 Å². The van der Waals surface area contributed by atoms with E-state index in [9.17, 15) is 18.0 Å². The fourth-order valence-electron chi connectivity index (χ4n) is 4.06. The van der Waals surface area contributed by atoms with E-state index in [0.29, 0.717) is 33.7 Å². The van der Waals surface area contributed by atoms with Gasteiger partial charge in [-0.2, -0.15) is 0 Å². The predicted octanol–water partition coefficient (Wildman–Crippen LogP) is 2.99. The number of fused-ring (bicyclic) bond motifs is 1. The lowest BCUT2D eigenvalue weighted by molar-refractivity contribution is -0.123. The van der Waals surface area contributed by atoms with Crippen LogP contribution >= 0.6 is 24.0 Å². The van der Waals surface area contributed by atoms with E-state index in [1.807, 2.05) is 13.0 Å². The Morgan fingerprint density at radius 1 is 1.33 bits per heavy atom. The number of anilines is 1. The third kappa shape index (κ3) is 4.85. The van der Waals surface area contributed by atoms with Crippen LogP contribution in [0.15, 0.2) is 28.0 Å². The van der Waals surface area contributed by atoms with Gasteiger partial charge in [0.15, 0.2) is 9.84 Å². The molecular formula is C22H26N4O4S3. The number of sulfone groups is 1. The predicted molar refractivity (Wildman–Crippen MR) is 136 cm³/mol. The first-order chi connectivity index (χ1) is 15.7. The van der Waals surface area contributed by atoms with E-state index >= 15 is 0 Å². The van der Waals surface area contributed by atoms with Gasteiger partial charge in [-0.05, 0) is 37.5 Å². The molecule has 1 unspecified atom stereocenters. The van der Waals surface area contributed by atoms with E-state index < -0.39 is 15.9 Å². The van der Waals surface area contributed by atoms with Crippen molar-refractivity contribution in [2.75, 3.05) is 23.4 Å². The molecule has 0 saturated carbocycles. The van der Waals surface area contributed by atoms with Crippen molar-refractivity contribution in [2.45, 2.75) is 45.6 Å². The van der Waals surface area contributed by atoms with E-state index in [1.54, 1.807) is 12.3 Å². The Labute approximate surface area is 202 Å². The maximum absolute atomic E-state index is 13.4. The molecule has 1 atom stereocenters. The summed E-state index contributed by atoms with van der Waals surface area (Å²) in [5, 5.41) is 3.27. The zero-order valence-corrected chi connectivity index (χ0v) is 21.0. The fourth-order valence-corrected chi connectivity index (χ4v) is 7.15. The smallest absolute Gasteiger partial charge is 0.267 e. The molecule has 2 aliphatic heterocycles. The monoisotopic (exact) mass is 506 g/mol. The number of nitrogens with zero attached hydrogens (tertiary/aromatic N) is 3. The molecule has 0 spiro atoms. The second-order valence-electron chi connectivity index (χ2n) is 8.31. The number of hydrogen-bond donors (Lipinski definition) is 1. The standard InChI is InChI=1S/C22H26N4O4S3/c1-3-4-5-9-23-18-16(20(27)25-10-6-7-14(2)19(25)24-18)12-17-21(28)26(22(31)32-17)15-8-11-33(29,30)13-15/h6-7,10,12,15,23H,3-5,8-9,11,13H2,1-2H3. The molecule has 1 amide bonds.